The second kappa shape index (κ2) is 6.50. The molecule has 1 aliphatic heterocycles. The molecule has 1 aromatic rings. The highest BCUT2D eigenvalue weighted by Gasteiger charge is 2.29. The normalized spacial score (nSPS) is 21.4. The van der Waals surface area contributed by atoms with E-state index in [2.05, 4.69) is 4.90 Å². The zero-order valence-corrected chi connectivity index (χ0v) is 12.6. The van der Waals surface area contributed by atoms with Gasteiger partial charge in [0.15, 0.2) is 0 Å². The van der Waals surface area contributed by atoms with Crippen molar-refractivity contribution in [1.29, 1.82) is 0 Å². The first kappa shape index (κ1) is 14.4. The van der Waals surface area contributed by atoms with E-state index in [1.807, 2.05) is 12.1 Å². The van der Waals surface area contributed by atoms with Gasteiger partial charge >= 0.3 is 0 Å². The number of aromatic hydroxyl groups is 1. The summed E-state index contributed by atoms with van der Waals surface area (Å²) < 4.78 is 0. The number of carbonyl (C=O) groups is 1. The number of phenolic OH excluding ortho intramolecular Hbond substituents is 1. The first-order valence-corrected chi connectivity index (χ1v) is 8.32. The van der Waals surface area contributed by atoms with Crippen LogP contribution < -0.4 is 0 Å². The van der Waals surface area contributed by atoms with Crippen LogP contribution in [-0.4, -0.2) is 29.0 Å². The molecule has 0 bridgehead atoms. The van der Waals surface area contributed by atoms with Crippen LogP contribution in [-0.2, 0) is 4.79 Å². The smallest absolute Gasteiger partial charge is 0.225 e. The van der Waals surface area contributed by atoms with Crippen molar-refractivity contribution < 1.29 is 9.90 Å². The summed E-state index contributed by atoms with van der Waals surface area (Å²) in [5.41, 5.74) is 1.29. The van der Waals surface area contributed by atoms with E-state index in [0.717, 1.165) is 38.8 Å². The molecule has 1 heterocycles. The average molecular weight is 287 g/mol. The third-order valence-corrected chi connectivity index (χ3v) is 5.13. The van der Waals surface area contributed by atoms with Gasteiger partial charge in [-0.2, -0.15) is 0 Å². The maximum atomic E-state index is 12.5. The number of hydrogen-bond donors (Lipinski definition) is 1. The molecule has 2 fully saturated rings. The van der Waals surface area contributed by atoms with E-state index >= 15 is 0 Å². The van der Waals surface area contributed by atoms with Gasteiger partial charge in [-0.15, -0.1) is 0 Å². The maximum Gasteiger partial charge on any atom is 0.225 e. The molecule has 3 rings (SSSR count). The number of carbonyl (C=O) groups excluding carboxylic acids is 1. The molecule has 2 aliphatic rings. The van der Waals surface area contributed by atoms with Crippen LogP contribution in [0.25, 0.3) is 0 Å². The molecule has 1 N–H and O–H groups in total. The minimum absolute atomic E-state index is 0.295. The molecule has 0 aromatic heterocycles. The summed E-state index contributed by atoms with van der Waals surface area (Å²) in [5.74, 6) is 1.55. The number of phenols is 1. The standard InChI is InChI=1S/C18H25NO2/c20-17-8-6-14(7-9-17)15-10-12-19(13-11-15)18(21)16-4-2-1-3-5-16/h6-9,15-16,20H,1-5,10-13H2. The van der Waals surface area contributed by atoms with Gasteiger partial charge in [0.25, 0.3) is 0 Å². The Labute approximate surface area is 127 Å². The SMILES string of the molecule is O=C(C1CCCCC1)N1CCC(c2ccc(O)cc2)CC1. The first-order valence-electron chi connectivity index (χ1n) is 8.32. The Kier molecular flexibility index (Phi) is 4.47. The fraction of sp³-hybridized carbons (Fsp3) is 0.611. The topological polar surface area (TPSA) is 40.5 Å². The fourth-order valence-electron chi connectivity index (χ4n) is 3.79. The number of rotatable bonds is 2. The lowest BCUT2D eigenvalue weighted by molar-refractivity contribution is -0.137. The van der Waals surface area contributed by atoms with Crippen molar-refractivity contribution in [1.82, 2.24) is 4.90 Å². The summed E-state index contributed by atoms with van der Waals surface area (Å²) in [6.07, 6.45) is 8.02. The van der Waals surface area contributed by atoms with Gasteiger partial charge in [0.05, 0.1) is 0 Å². The largest absolute Gasteiger partial charge is 0.508 e. The highest BCUT2D eigenvalue weighted by Crippen LogP contribution is 2.31. The monoisotopic (exact) mass is 287 g/mol. The van der Waals surface area contributed by atoms with E-state index < -0.39 is 0 Å². The highest BCUT2D eigenvalue weighted by molar-refractivity contribution is 5.79. The highest BCUT2D eigenvalue weighted by atomic mass is 16.3. The van der Waals surface area contributed by atoms with Gasteiger partial charge in [-0.25, -0.2) is 0 Å². The third kappa shape index (κ3) is 3.39. The minimum atomic E-state index is 0.295. The Morgan fingerprint density at radius 1 is 0.952 bits per heavy atom. The quantitative estimate of drug-likeness (QED) is 0.901. The van der Waals surface area contributed by atoms with Crippen LogP contribution in [0.2, 0.25) is 0 Å². The summed E-state index contributed by atoms with van der Waals surface area (Å²) in [4.78, 5) is 14.6. The third-order valence-electron chi connectivity index (χ3n) is 5.13. The van der Waals surface area contributed by atoms with Crippen molar-refractivity contribution in [3.05, 3.63) is 29.8 Å². The van der Waals surface area contributed by atoms with Crippen molar-refractivity contribution in [3.8, 4) is 5.75 Å². The Morgan fingerprint density at radius 2 is 1.57 bits per heavy atom. The molecule has 1 aliphatic carbocycles. The fourth-order valence-corrected chi connectivity index (χ4v) is 3.79. The van der Waals surface area contributed by atoms with Crippen molar-refractivity contribution in [2.45, 2.75) is 50.9 Å². The van der Waals surface area contributed by atoms with Gasteiger partial charge in [0.1, 0.15) is 5.75 Å². The summed E-state index contributed by atoms with van der Waals surface area (Å²) >= 11 is 0. The van der Waals surface area contributed by atoms with E-state index in [-0.39, 0.29) is 0 Å². The molecular formula is C18H25NO2. The van der Waals surface area contributed by atoms with Gasteiger partial charge in [0, 0.05) is 19.0 Å². The van der Waals surface area contributed by atoms with E-state index in [4.69, 9.17) is 0 Å². The van der Waals surface area contributed by atoms with Crippen LogP contribution in [0.3, 0.4) is 0 Å². The molecule has 1 saturated carbocycles. The Balaban J connectivity index is 1.54. The lowest BCUT2D eigenvalue weighted by Gasteiger charge is -2.35. The Morgan fingerprint density at radius 3 is 2.19 bits per heavy atom. The van der Waals surface area contributed by atoms with Gasteiger partial charge in [0.2, 0.25) is 5.91 Å². The van der Waals surface area contributed by atoms with Crippen molar-refractivity contribution in [2.24, 2.45) is 5.92 Å². The molecule has 1 saturated heterocycles. The number of amides is 1. The van der Waals surface area contributed by atoms with Crippen LogP contribution in [0.1, 0.15) is 56.4 Å². The van der Waals surface area contributed by atoms with Crippen LogP contribution in [0.5, 0.6) is 5.75 Å². The van der Waals surface area contributed by atoms with Crippen molar-refractivity contribution >= 4 is 5.91 Å². The summed E-state index contributed by atoms with van der Waals surface area (Å²) in [5, 5.41) is 9.36. The number of nitrogens with zero attached hydrogens (tertiary/aromatic N) is 1. The molecule has 0 atom stereocenters. The summed E-state index contributed by atoms with van der Waals surface area (Å²) in [7, 11) is 0. The molecular weight excluding hydrogens is 262 g/mol. The second-order valence-electron chi connectivity index (χ2n) is 6.53. The number of benzene rings is 1. The Bertz CT molecular complexity index is 468. The first-order chi connectivity index (χ1) is 10.2. The van der Waals surface area contributed by atoms with Crippen LogP contribution in [0.4, 0.5) is 0 Å². The van der Waals surface area contributed by atoms with Crippen LogP contribution in [0, 0.1) is 5.92 Å². The molecule has 1 amide bonds. The van der Waals surface area contributed by atoms with Gasteiger partial charge in [-0.05, 0) is 49.3 Å². The summed E-state index contributed by atoms with van der Waals surface area (Å²) in [6.45, 7) is 1.78. The zero-order valence-electron chi connectivity index (χ0n) is 12.6. The van der Waals surface area contributed by atoms with Gasteiger partial charge < -0.3 is 10.0 Å². The van der Waals surface area contributed by atoms with E-state index in [1.165, 1.54) is 24.8 Å². The van der Waals surface area contributed by atoms with Gasteiger partial charge in [-0.1, -0.05) is 31.4 Å². The van der Waals surface area contributed by atoms with Crippen LogP contribution >= 0.6 is 0 Å². The van der Waals surface area contributed by atoms with Crippen molar-refractivity contribution in [3.63, 3.8) is 0 Å². The minimum Gasteiger partial charge on any atom is -0.508 e. The molecule has 21 heavy (non-hydrogen) atoms. The number of hydrogen-bond acceptors (Lipinski definition) is 2. The molecule has 0 radical (unpaired) electrons. The van der Waals surface area contributed by atoms with E-state index in [9.17, 15) is 9.90 Å². The van der Waals surface area contributed by atoms with Gasteiger partial charge in [-0.3, -0.25) is 4.79 Å². The lowest BCUT2D eigenvalue weighted by atomic mass is 9.86. The maximum absolute atomic E-state index is 12.5. The summed E-state index contributed by atoms with van der Waals surface area (Å²) in [6, 6.07) is 7.54. The molecule has 0 spiro atoms. The van der Waals surface area contributed by atoms with Crippen molar-refractivity contribution in [2.75, 3.05) is 13.1 Å². The van der Waals surface area contributed by atoms with E-state index in [0.29, 0.717) is 23.5 Å². The molecule has 3 nitrogen and oxygen atoms in total. The predicted molar refractivity (Wildman–Crippen MR) is 83.2 cm³/mol. The number of piperidine rings is 1. The molecule has 114 valence electrons. The molecule has 0 unspecified atom stereocenters. The molecule has 3 heteroatoms. The second-order valence-corrected chi connectivity index (χ2v) is 6.53. The molecule has 1 aromatic carbocycles. The van der Waals surface area contributed by atoms with Crippen LogP contribution in [0.15, 0.2) is 24.3 Å². The number of likely N-dealkylation sites (tertiary alicyclic amines) is 1. The Hall–Kier alpha value is -1.51. The van der Waals surface area contributed by atoms with E-state index in [1.54, 1.807) is 12.1 Å². The average Bonchev–Trinajstić information content (AvgIpc) is 2.56. The predicted octanol–water partition coefficient (Wildman–Crippen LogP) is 3.68. The zero-order chi connectivity index (χ0) is 14.7. The lowest BCUT2D eigenvalue weighted by Crippen LogP contribution is -2.41.